The summed E-state index contributed by atoms with van der Waals surface area (Å²) in [4.78, 5) is 24.5. The Morgan fingerprint density at radius 1 is 0.806 bits per heavy atom. The monoisotopic (exact) mass is 419 g/mol. The zero-order chi connectivity index (χ0) is 22.2. The molecule has 6 nitrogen and oxygen atoms in total. The number of phenols is 2. The topological polar surface area (TPSA) is 95.9 Å². The molecule has 0 bridgehead atoms. The molecule has 0 aromatic heterocycles. The Morgan fingerprint density at radius 3 is 2.03 bits per heavy atom. The van der Waals surface area contributed by atoms with Crippen LogP contribution in [0.1, 0.15) is 34.3 Å². The molecule has 0 saturated heterocycles. The second-order valence-corrected chi connectivity index (χ2v) is 7.24. The van der Waals surface area contributed by atoms with Gasteiger partial charge in [-0.2, -0.15) is 0 Å². The molecule has 0 aliphatic carbocycles. The zero-order valence-corrected chi connectivity index (χ0v) is 17.3. The molecular formula is C25H25NO5. The van der Waals surface area contributed by atoms with Crippen molar-refractivity contribution >= 4 is 17.4 Å². The lowest BCUT2D eigenvalue weighted by atomic mass is 10.0. The number of carbonyl (C=O) groups excluding carboxylic acids is 2. The van der Waals surface area contributed by atoms with Gasteiger partial charge in [-0.3, -0.25) is 9.59 Å². The molecule has 0 aliphatic rings. The zero-order valence-electron chi connectivity index (χ0n) is 17.3. The number of ketones is 1. The number of phenolic OH excluding ortho intramolecular Hbond substituents is 2. The number of ether oxygens (including phenoxy) is 1. The number of methoxy groups -OCH3 is 1. The van der Waals surface area contributed by atoms with Crippen molar-refractivity contribution in [2.75, 3.05) is 12.4 Å². The highest BCUT2D eigenvalue weighted by atomic mass is 16.5. The number of Topliss-reactive ketones (excluding diaryl/α,β-unsaturated/α-hetero) is 1. The minimum Gasteiger partial charge on any atom is -0.504 e. The number of carbonyl (C=O) groups is 2. The first kappa shape index (κ1) is 21.9. The fraction of sp³-hybridized carbons (Fsp3) is 0.200. The van der Waals surface area contributed by atoms with Crippen molar-refractivity contribution in [2.24, 2.45) is 0 Å². The summed E-state index contributed by atoms with van der Waals surface area (Å²) >= 11 is 0. The first-order valence-electron chi connectivity index (χ1n) is 10.0. The summed E-state index contributed by atoms with van der Waals surface area (Å²) < 4.78 is 5.09. The van der Waals surface area contributed by atoms with Gasteiger partial charge in [0, 0.05) is 24.1 Å². The molecule has 3 aromatic rings. The largest absolute Gasteiger partial charge is 0.504 e. The summed E-state index contributed by atoms with van der Waals surface area (Å²) in [6, 6.07) is 18.9. The SMILES string of the molecule is COc1ccc(C(=O)Nc2ccc(CCC(=O)CCc3ccc(O)c(O)c3)cc2)cc1. The number of hydrogen-bond acceptors (Lipinski definition) is 5. The van der Waals surface area contributed by atoms with Crippen LogP contribution in [0.2, 0.25) is 0 Å². The van der Waals surface area contributed by atoms with Gasteiger partial charge in [-0.1, -0.05) is 18.2 Å². The van der Waals surface area contributed by atoms with E-state index in [-0.39, 0.29) is 23.2 Å². The molecule has 3 aromatic carbocycles. The molecule has 3 rings (SSSR count). The number of nitrogens with one attached hydrogen (secondary N) is 1. The fourth-order valence-corrected chi connectivity index (χ4v) is 3.12. The average molecular weight is 419 g/mol. The Morgan fingerprint density at radius 2 is 1.42 bits per heavy atom. The van der Waals surface area contributed by atoms with Crippen LogP contribution in [0.15, 0.2) is 66.7 Å². The van der Waals surface area contributed by atoms with Crippen LogP contribution in [0.4, 0.5) is 5.69 Å². The van der Waals surface area contributed by atoms with Crippen molar-refractivity contribution in [2.45, 2.75) is 25.7 Å². The van der Waals surface area contributed by atoms with Gasteiger partial charge in [0.15, 0.2) is 11.5 Å². The number of rotatable bonds is 9. The van der Waals surface area contributed by atoms with Crippen molar-refractivity contribution < 1.29 is 24.5 Å². The van der Waals surface area contributed by atoms with Gasteiger partial charge in [-0.05, 0) is 72.5 Å². The smallest absolute Gasteiger partial charge is 0.255 e. The summed E-state index contributed by atoms with van der Waals surface area (Å²) in [5.41, 5.74) is 3.04. The first-order valence-corrected chi connectivity index (χ1v) is 10.0. The number of hydrogen-bond donors (Lipinski definition) is 3. The standard InChI is InChI=1S/C25H25NO5/c1-31-22-13-7-19(8-14-22)25(30)26-20-9-2-17(3-10-20)4-11-21(27)12-5-18-6-15-23(28)24(29)16-18/h2-3,6-10,13-16,28-29H,4-5,11-12H2,1H3,(H,26,30). The van der Waals surface area contributed by atoms with E-state index in [0.29, 0.717) is 42.7 Å². The number of aryl methyl sites for hydroxylation is 2. The highest BCUT2D eigenvalue weighted by molar-refractivity contribution is 6.04. The quantitative estimate of drug-likeness (QED) is 0.444. The van der Waals surface area contributed by atoms with E-state index < -0.39 is 0 Å². The van der Waals surface area contributed by atoms with Crippen molar-refractivity contribution in [1.82, 2.24) is 0 Å². The first-order chi connectivity index (χ1) is 14.9. The summed E-state index contributed by atoms with van der Waals surface area (Å²) in [7, 11) is 1.58. The molecule has 31 heavy (non-hydrogen) atoms. The van der Waals surface area contributed by atoms with E-state index in [1.165, 1.54) is 12.1 Å². The summed E-state index contributed by atoms with van der Waals surface area (Å²) in [5, 5.41) is 21.7. The summed E-state index contributed by atoms with van der Waals surface area (Å²) in [6.07, 6.45) is 1.93. The Hall–Kier alpha value is -3.80. The minimum atomic E-state index is -0.203. The van der Waals surface area contributed by atoms with Crippen LogP contribution in [-0.4, -0.2) is 29.0 Å². The predicted octanol–water partition coefficient (Wildman–Crippen LogP) is 4.49. The van der Waals surface area contributed by atoms with E-state index >= 15 is 0 Å². The molecule has 0 saturated carbocycles. The molecule has 0 spiro atoms. The molecule has 160 valence electrons. The van der Waals surface area contributed by atoms with Gasteiger partial charge >= 0.3 is 0 Å². The van der Waals surface area contributed by atoms with Gasteiger partial charge in [-0.15, -0.1) is 0 Å². The lowest BCUT2D eigenvalue weighted by molar-refractivity contribution is -0.119. The van der Waals surface area contributed by atoms with E-state index in [2.05, 4.69) is 5.32 Å². The summed E-state index contributed by atoms with van der Waals surface area (Å²) in [6.45, 7) is 0. The molecular weight excluding hydrogens is 394 g/mol. The van der Waals surface area contributed by atoms with Crippen LogP contribution in [0.3, 0.4) is 0 Å². The molecule has 0 fully saturated rings. The lowest BCUT2D eigenvalue weighted by Gasteiger charge is -2.08. The number of anilines is 1. The predicted molar refractivity (Wildman–Crippen MR) is 119 cm³/mol. The van der Waals surface area contributed by atoms with E-state index in [1.54, 1.807) is 37.4 Å². The maximum Gasteiger partial charge on any atom is 0.255 e. The van der Waals surface area contributed by atoms with Crippen LogP contribution >= 0.6 is 0 Å². The molecule has 0 atom stereocenters. The van der Waals surface area contributed by atoms with Gasteiger partial charge in [0.25, 0.3) is 5.91 Å². The normalized spacial score (nSPS) is 10.5. The highest BCUT2D eigenvalue weighted by Gasteiger charge is 2.08. The minimum absolute atomic E-state index is 0.129. The Bertz CT molecular complexity index is 1040. The molecule has 6 heteroatoms. The lowest BCUT2D eigenvalue weighted by Crippen LogP contribution is -2.11. The fourth-order valence-electron chi connectivity index (χ4n) is 3.12. The maximum atomic E-state index is 12.3. The van der Waals surface area contributed by atoms with E-state index in [9.17, 15) is 19.8 Å². The van der Waals surface area contributed by atoms with Gasteiger partial charge in [-0.25, -0.2) is 0 Å². The second kappa shape index (κ2) is 10.3. The Kier molecular flexibility index (Phi) is 7.27. The van der Waals surface area contributed by atoms with Gasteiger partial charge in [0.05, 0.1) is 7.11 Å². The van der Waals surface area contributed by atoms with Crippen LogP contribution < -0.4 is 10.1 Å². The summed E-state index contributed by atoms with van der Waals surface area (Å²) in [5.74, 6) is 0.273. The van der Waals surface area contributed by atoms with Crippen molar-refractivity contribution in [3.05, 3.63) is 83.4 Å². The van der Waals surface area contributed by atoms with E-state index in [1.807, 2.05) is 24.3 Å². The molecule has 3 N–H and O–H groups in total. The average Bonchev–Trinajstić information content (AvgIpc) is 2.79. The van der Waals surface area contributed by atoms with Crippen LogP contribution in [0.5, 0.6) is 17.2 Å². The van der Waals surface area contributed by atoms with Crippen molar-refractivity contribution in [1.29, 1.82) is 0 Å². The molecule has 0 unspecified atom stereocenters. The van der Waals surface area contributed by atoms with Gasteiger partial charge < -0.3 is 20.3 Å². The second-order valence-electron chi connectivity index (χ2n) is 7.24. The molecule has 0 heterocycles. The number of amides is 1. The van der Waals surface area contributed by atoms with E-state index in [0.717, 1.165) is 11.1 Å². The Balaban J connectivity index is 1.45. The molecule has 0 radical (unpaired) electrons. The highest BCUT2D eigenvalue weighted by Crippen LogP contribution is 2.25. The van der Waals surface area contributed by atoms with Gasteiger partial charge in [0.2, 0.25) is 0 Å². The third-order valence-electron chi connectivity index (χ3n) is 4.99. The number of benzene rings is 3. The Labute approximate surface area is 181 Å². The van der Waals surface area contributed by atoms with Crippen molar-refractivity contribution in [3.63, 3.8) is 0 Å². The van der Waals surface area contributed by atoms with Crippen LogP contribution in [0, 0.1) is 0 Å². The van der Waals surface area contributed by atoms with Crippen LogP contribution in [-0.2, 0) is 17.6 Å². The van der Waals surface area contributed by atoms with Crippen LogP contribution in [0.25, 0.3) is 0 Å². The molecule has 1 amide bonds. The van der Waals surface area contributed by atoms with E-state index in [4.69, 9.17) is 4.74 Å². The number of aromatic hydroxyl groups is 2. The third-order valence-corrected chi connectivity index (χ3v) is 4.99. The van der Waals surface area contributed by atoms with Gasteiger partial charge in [0.1, 0.15) is 11.5 Å². The molecule has 0 aliphatic heterocycles. The maximum absolute atomic E-state index is 12.3. The third kappa shape index (κ3) is 6.34. The van der Waals surface area contributed by atoms with Crippen molar-refractivity contribution in [3.8, 4) is 17.2 Å².